The number of ether oxygens (including phenoxy) is 1. The Morgan fingerprint density at radius 2 is 2.00 bits per heavy atom. The molecule has 0 radical (unpaired) electrons. The van der Waals surface area contributed by atoms with Crippen LogP contribution in [0.3, 0.4) is 0 Å². The van der Waals surface area contributed by atoms with Crippen molar-refractivity contribution in [3.63, 3.8) is 0 Å². The Bertz CT molecular complexity index is 323. The smallest absolute Gasteiger partial charge is 0.232 e. The average Bonchev–Trinajstić information content (AvgIpc) is 2.29. The maximum Gasteiger partial charge on any atom is 0.232 e. The fourth-order valence-corrected chi connectivity index (χ4v) is 1.75. The molecule has 0 saturated carbocycles. The monoisotopic (exact) mass is 306 g/mol. The Morgan fingerprint density at radius 1 is 1.25 bits per heavy atom. The van der Waals surface area contributed by atoms with Crippen molar-refractivity contribution < 1.29 is 4.74 Å². The molecule has 0 spiro atoms. The molecule has 1 aromatic heterocycles. The Labute approximate surface area is 110 Å². The third-order valence-electron chi connectivity index (χ3n) is 2.20. The van der Waals surface area contributed by atoms with Gasteiger partial charge in [-0.05, 0) is 22.4 Å². The number of unbranched alkanes of at least 4 members (excludes halogenated alkanes) is 4. The van der Waals surface area contributed by atoms with Crippen LogP contribution >= 0.6 is 27.5 Å². The Hall–Kier alpha value is -0.350. The van der Waals surface area contributed by atoms with Crippen molar-refractivity contribution in [1.29, 1.82) is 0 Å². The summed E-state index contributed by atoms with van der Waals surface area (Å²) >= 11 is 9.11. The molecule has 16 heavy (non-hydrogen) atoms. The molecule has 0 aliphatic heterocycles. The van der Waals surface area contributed by atoms with Gasteiger partial charge in [0.1, 0.15) is 10.8 Å². The van der Waals surface area contributed by atoms with Crippen molar-refractivity contribution in [3.05, 3.63) is 16.0 Å². The summed E-state index contributed by atoms with van der Waals surface area (Å²) in [4.78, 5) is 7.84. The zero-order chi connectivity index (χ0) is 11.8. The van der Waals surface area contributed by atoms with Crippen LogP contribution in [-0.4, -0.2) is 16.6 Å². The van der Waals surface area contributed by atoms with Gasteiger partial charge in [-0.1, -0.05) is 44.2 Å². The number of aromatic nitrogens is 2. The van der Waals surface area contributed by atoms with E-state index >= 15 is 0 Å². The standard InChI is InChI=1S/C11H16BrClN2O/c1-2-3-4-5-6-7-16-11-9(12)10(13)14-8-15-11/h8H,2-7H2,1H3. The molecular formula is C11H16BrClN2O. The topological polar surface area (TPSA) is 35.0 Å². The zero-order valence-electron chi connectivity index (χ0n) is 9.38. The highest BCUT2D eigenvalue weighted by atomic mass is 79.9. The second kappa shape index (κ2) is 7.85. The summed E-state index contributed by atoms with van der Waals surface area (Å²) in [7, 11) is 0. The van der Waals surface area contributed by atoms with Crippen molar-refractivity contribution in [3.8, 4) is 5.88 Å². The maximum absolute atomic E-state index is 5.82. The zero-order valence-corrected chi connectivity index (χ0v) is 11.7. The summed E-state index contributed by atoms with van der Waals surface area (Å²) in [5.74, 6) is 0.524. The fraction of sp³-hybridized carbons (Fsp3) is 0.636. The molecule has 0 N–H and O–H groups in total. The third-order valence-corrected chi connectivity index (χ3v) is 3.43. The number of halogens is 2. The molecule has 0 fully saturated rings. The van der Waals surface area contributed by atoms with Crippen LogP contribution in [0.4, 0.5) is 0 Å². The number of hydrogen-bond acceptors (Lipinski definition) is 3. The first-order chi connectivity index (χ1) is 7.75. The summed E-state index contributed by atoms with van der Waals surface area (Å²) in [5.41, 5.74) is 0. The van der Waals surface area contributed by atoms with E-state index in [1.54, 1.807) is 0 Å². The van der Waals surface area contributed by atoms with Gasteiger partial charge in [-0.15, -0.1) is 0 Å². The summed E-state index contributed by atoms with van der Waals surface area (Å²) in [6.07, 6.45) is 7.47. The van der Waals surface area contributed by atoms with E-state index in [2.05, 4.69) is 32.8 Å². The minimum absolute atomic E-state index is 0.385. The molecule has 1 heterocycles. The Balaban J connectivity index is 2.24. The van der Waals surface area contributed by atoms with Gasteiger partial charge in [-0.25, -0.2) is 9.97 Å². The van der Waals surface area contributed by atoms with Gasteiger partial charge in [0, 0.05) is 0 Å². The molecule has 90 valence electrons. The number of rotatable bonds is 7. The van der Waals surface area contributed by atoms with Crippen molar-refractivity contribution >= 4 is 27.5 Å². The van der Waals surface area contributed by atoms with Gasteiger partial charge < -0.3 is 4.74 Å². The lowest BCUT2D eigenvalue weighted by Crippen LogP contribution is -2.00. The molecule has 0 aliphatic rings. The molecule has 0 amide bonds. The second-order valence-corrected chi connectivity index (χ2v) is 4.70. The fourth-order valence-electron chi connectivity index (χ4n) is 1.31. The van der Waals surface area contributed by atoms with E-state index < -0.39 is 0 Å². The van der Waals surface area contributed by atoms with Crippen LogP contribution in [-0.2, 0) is 0 Å². The van der Waals surface area contributed by atoms with Gasteiger partial charge in [-0.2, -0.15) is 0 Å². The number of nitrogens with zero attached hydrogens (tertiary/aromatic N) is 2. The second-order valence-electron chi connectivity index (χ2n) is 3.55. The molecule has 3 nitrogen and oxygen atoms in total. The first kappa shape index (κ1) is 13.7. The van der Waals surface area contributed by atoms with Crippen molar-refractivity contribution in [2.45, 2.75) is 39.0 Å². The van der Waals surface area contributed by atoms with Gasteiger partial charge in [0.15, 0.2) is 5.15 Å². The Kier molecular flexibility index (Phi) is 6.73. The summed E-state index contributed by atoms with van der Waals surface area (Å²) in [6, 6.07) is 0. The van der Waals surface area contributed by atoms with Gasteiger partial charge in [-0.3, -0.25) is 0 Å². The van der Waals surface area contributed by atoms with E-state index in [1.165, 1.54) is 32.0 Å². The first-order valence-corrected chi connectivity index (χ1v) is 6.71. The van der Waals surface area contributed by atoms with E-state index in [-0.39, 0.29) is 0 Å². The summed E-state index contributed by atoms with van der Waals surface area (Å²) in [6.45, 7) is 2.88. The normalized spacial score (nSPS) is 10.4. The largest absolute Gasteiger partial charge is 0.477 e. The predicted octanol–water partition coefficient (Wildman–Crippen LogP) is 4.24. The van der Waals surface area contributed by atoms with Crippen LogP contribution in [0.1, 0.15) is 39.0 Å². The van der Waals surface area contributed by atoms with E-state index in [4.69, 9.17) is 16.3 Å². The predicted molar refractivity (Wildman–Crippen MR) is 69.0 cm³/mol. The van der Waals surface area contributed by atoms with Crippen molar-refractivity contribution in [2.75, 3.05) is 6.61 Å². The van der Waals surface area contributed by atoms with Crippen LogP contribution in [0.2, 0.25) is 5.15 Å². The van der Waals surface area contributed by atoms with Crippen LogP contribution < -0.4 is 4.74 Å². The molecular weight excluding hydrogens is 291 g/mol. The highest BCUT2D eigenvalue weighted by Gasteiger charge is 2.07. The highest BCUT2D eigenvalue weighted by Crippen LogP contribution is 2.27. The van der Waals surface area contributed by atoms with Gasteiger partial charge >= 0.3 is 0 Å². The Morgan fingerprint density at radius 3 is 2.75 bits per heavy atom. The van der Waals surface area contributed by atoms with E-state index in [1.807, 2.05) is 0 Å². The molecule has 0 unspecified atom stereocenters. The molecule has 5 heteroatoms. The molecule has 1 aromatic rings. The lowest BCUT2D eigenvalue weighted by Gasteiger charge is -2.06. The minimum Gasteiger partial charge on any atom is -0.477 e. The third kappa shape index (κ3) is 4.66. The maximum atomic E-state index is 5.82. The van der Waals surface area contributed by atoms with E-state index in [9.17, 15) is 0 Å². The lowest BCUT2D eigenvalue weighted by atomic mass is 10.2. The van der Waals surface area contributed by atoms with E-state index in [0.29, 0.717) is 22.1 Å². The molecule has 0 bridgehead atoms. The van der Waals surface area contributed by atoms with Crippen molar-refractivity contribution in [2.24, 2.45) is 0 Å². The highest BCUT2D eigenvalue weighted by molar-refractivity contribution is 9.10. The number of hydrogen-bond donors (Lipinski definition) is 0. The first-order valence-electron chi connectivity index (χ1n) is 5.54. The summed E-state index contributed by atoms with van der Waals surface area (Å²) in [5, 5.41) is 0.385. The van der Waals surface area contributed by atoms with Crippen LogP contribution in [0, 0.1) is 0 Å². The quantitative estimate of drug-likeness (QED) is 0.558. The molecule has 0 aliphatic carbocycles. The van der Waals surface area contributed by atoms with Gasteiger partial charge in [0.05, 0.1) is 6.61 Å². The summed E-state index contributed by atoms with van der Waals surface area (Å²) < 4.78 is 6.15. The van der Waals surface area contributed by atoms with Gasteiger partial charge in [0.25, 0.3) is 0 Å². The van der Waals surface area contributed by atoms with Gasteiger partial charge in [0.2, 0.25) is 5.88 Å². The van der Waals surface area contributed by atoms with Crippen LogP contribution in [0.15, 0.2) is 10.8 Å². The SMILES string of the molecule is CCCCCCCOc1ncnc(Cl)c1Br. The average molecular weight is 308 g/mol. The van der Waals surface area contributed by atoms with Crippen LogP contribution in [0.5, 0.6) is 5.88 Å². The van der Waals surface area contributed by atoms with Crippen LogP contribution in [0.25, 0.3) is 0 Å². The molecule has 0 aromatic carbocycles. The van der Waals surface area contributed by atoms with E-state index in [0.717, 1.165) is 6.42 Å². The molecule has 0 atom stereocenters. The molecule has 1 rings (SSSR count). The van der Waals surface area contributed by atoms with Crippen molar-refractivity contribution in [1.82, 2.24) is 9.97 Å². The lowest BCUT2D eigenvalue weighted by molar-refractivity contribution is 0.291. The minimum atomic E-state index is 0.385. The molecule has 0 saturated heterocycles.